The van der Waals surface area contributed by atoms with E-state index in [4.69, 9.17) is 0 Å². The highest BCUT2D eigenvalue weighted by molar-refractivity contribution is 7.12. The zero-order valence-electron chi connectivity index (χ0n) is 16.1. The van der Waals surface area contributed by atoms with Gasteiger partial charge in [0.05, 0.1) is 6.04 Å². The third-order valence-electron chi connectivity index (χ3n) is 4.72. The summed E-state index contributed by atoms with van der Waals surface area (Å²) in [5.74, 6) is -0.319. The Morgan fingerprint density at radius 1 is 1.08 bits per heavy atom. The van der Waals surface area contributed by atoms with E-state index in [9.17, 15) is 9.59 Å². The van der Waals surface area contributed by atoms with Gasteiger partial charge in [-0.1, -0.05) is 38.5 Å². The summed E-state index contributed by atoms with van der Waals surface area (Å²) in [7, 11) is 0. The Balaban J connectivity index is 2.11. The van der Waals surface area contributed by atoms with Crippen LogP contribution in [0.25, 0.3) is 0 Å². The summed E-state index contributed by atoms with van der Waals surface area (Å²) < 4.78 is 0. The fraction of sp³-hybridized carbons (Fsp3) is 0.429. The molecule has 26 heavy (non-hydrogen) atoms. The lowest BCUT2D eigenvalue weighted by atomic mass is 9.97. The number of thiophene rings is 1. The summed E-state index contributed by atoms with van der Waals surface area (Å²) in [4.78, 5) is 27.8. The molecule has 1 heterocycles. The fourth-order valence-electron chi connectivity index (χ4n) is 2.98. The van der Waals surface area contributed by atoms with Crippen LogP contribution in [0.5, 0.6) is 0 Å². The van der Waals surface area contributed by atoms with E-state index in [1.807, 2.05) is 39.0 Å². The second kappa shape index (κ2) is 8.99. The topological polar surface area (TPSA) is 58.2 Å². The van der Waals surface area contributed by atoms with Crippen molar-refractivity contribution >= 4 is 23.2 Å². The van der Waals surface area contributed by atoms with E-state index in [-0.39, 0.29) is 23.8 Å². The summed E-state index contributed by atoms with van der Waals surface area (Å²) in [6, 6.07) is 10.5. The van der Waals surface area contributed by atoms with Crippen molar-refractivity contribution in [2.75, 3.05) is 0 Å². The minimum absolute atomic E-state index is 0.0418. The number of carbonyl (C=O) groups is 2. The molecule has 0 unspecified atom stereocenters. The van der Waals surface area contributed by atoms with Gasteiger partial charge in [0.1, 0.15) is 6.04 Å². The number of amides is 2. The van der Waals surface area contributed by atoms with Crippen molar-refractivity contribution in [1.82, 2.24) is 10.6 Å². The van der Waals surface area contributed by atoms with Crippen LogP contribution < -0.4 is 10.6 Å². The standard InChI is InChI=1S/C21H28N2O2S/c1-6-13(2)19(23-20(24)17-10-8-7-9-11-17)21(25)22-15(4)18-12-14(3)26-16(18)5/h7-13,15,19H,6H2,1-5H3,(H,22,25)(H,23,24)/t13-,15-,19-/m0/s1. The molecule has 0 radical (unpaired) electrons. The van der Waals surface area contributed by atoms with Gasteiger partial charge in [-0.15, -0.1) is 11.3 Å². The first-order chi connectivity index (χ1) is 12.3. The molecule has 2 amide bonds. The second-order valence-corrected chi connectivity index (χ2v) is 8.26. The Bertz CT molecular complexity index is 755. The smallest absolute Gasteiger partial charge is 0.251 e. The van der Waals surface area contributed by atoms with Gasteiger partial charge in [-0.2, -0.15) is 0 Å². The van der Waals surface area contributed by atoms with Crippen LogP contribution in [0, 0.1) is 19.8 Å². The molecular formula is C21H28N2O2S. The maximum absolute atomic E-state index is 12.9. The van der Waals surface area contributed by atoms with Crippen molar-refractivity contribution in [1.29, 1.82) is 0 Å². The molecule has 0 saturated heterocycles. The van der Waals surface area contributed by atoms with Gasteiger partial charge in [0, 0.05) is 15.3 Å². The number of benzene rings is 1. The summed E-state index contributed by atoms with van der Waals surface area (Å²) in [5, 5.41) is 5.99. The van der Waals surface area contributed by atoms with E-state index in [1.54, 1.807) is 23.5 Å². The lowest BCUT2D eigenvalue weighted by Gasteiger charge is -2.25. The van der Waals surface area contributed by atoms with Gasteiger partial charge >= 0.3 is 0 Å². The molecule has 2 rings (SSSR count). The maximum Gasteiger partial charge on any atom is 0.251 e. The number of nitrogens with one attached hydrogen (secondary N) is 2. The monoisotopic (exact) mass is 372 g/mol. The first kappa shape index (κ1) is 20.2. The predicted molar refractivity (Wildman–Crippen MR) is 108 cm³/mol. The minimum atomic E-state index is -0.560. The third kappa shape index (κ3) is 4.94. The molecule has 0 aliphatic carbocycles. The highest BCUT2D eigenvalue weighted by Crippen LogP contribution is 2.26. The second-order valence-electron chi connectivity index (χ2n) is 6.80. The van der Waals surface area contributed by atoms with Crippen LogP contribution in [-0.2, 0) is 4.79 Å². The van der Waals surface area contributed by atoms with Crippen molar-refractivity contribution in [3.63, 3.8) is 0 Å². The van der Waals surface area contributed by atoms with E-state index in [2.05, 4.69) is 30.5 Å². The Morgan fingerprint density at radius 3 is 2.27 bits per heavy atom. The number of aryl methyl sites for hydroxylation is 2. The molecule has 0 aliphatic rings. The first-order valence-corrected chi connectivity index (χ1v) is 9.88. The van der Waals surface area contributed by atoms with Gasteiger partial charge in [-0.05, 0) is 50.5 Å². The quantitative estimate of drug-likeness (QED) is 0.757. The summed E-state index contributed by atoms with van der Waals surface area (Å²) in [5.41, 5.74) is 1.70. The van der Waals surface area contributed by atoms with Crippen LogP contribution in [0.1, 0.15) is 58.9 Å². The lowest BCUT2D eigenvalue weighted by molar-refractivity contribution is -0.124. The Labute approximate surface area is 160 Å². The highest BCUT2D eigenvalue weighted by atomic mass is 32.1. The molecule has 5 heteroatoms. The molecule has 3 atom stereocenters. The van der Waals surface area contributed by atoms with Gasteiger partial charge < -0.3 is 10.6 Å². The molecule has 1 aromatic carbocycles. The molecule has 2 N–H and O–H groups in total. The van der Waals surface area contributed by atoms with E-state index in [1.165, 1.54) is 9.75 Å². The van der Waals surface area contributed by atoms with Crippen LogP contribution >= 0.6 is 11.3 Å². The van der Waals surface area contributed by atoms with Gasteiger partial charge in [0.25, 0.3) is 5.91 Å². The molecule has 1 aromatic heterocycles. The van der Waals surface area contributed by atoms with E-state index < -0.39 is 6.04 Å². The number of hydrogen-bond donors (Lipinski definition) is 2. The first-order valence-electron chi connectivity index (χ1n) is 9.06. The van der Waals surface area contributed by atoms with Crippen LogP contribution in [0.3, 0.4) is 0 Å². The summed E-state index contributed by atoms with van der Waals surface area (Å²) >= 11 is 1.73. The zero-order chi connectivity index (χ0) is 19.3. The minimum Gasteiger partial charge on any atom is -0.348 e. The van der Waals surface area contributed by atoms with Crippen LogP contribution in [0.15, 0.2) is 36.4 Å². The highest BCUT2D eigenvalue weighted by Gasteiger charge is 2.27. The normalized spacial score (nSPS) is 14.3. The van der Waals surface area contributed by atoms with E-state index in [0.29, 0.717) is 5.56 Å². The molecule has 140 valence electrons. The van der Waals surface area contributed by atoms with Crippen LogP contribution in [0.4, 0.5) is 0 Å². The van der Waals surface area contributed by atoms with Crippen molar-refractivity contribution in [3.05, 3.63) is 57.3 Å². The Kier molecular flexibility index (Phi) is 6.98. The molecule has 2 aromatic rings. The molecule has 0 fully saturated rings. The largest absolute Gasteiger partial charge is 0.348 e. The van der Waals surface area contributed by atoms with Crippen molar-refractivity contribution in [3.8, 4) is 0 Å². The SMILES string of the molecule is CC[C@H](C)[C@H](NC(=O)c1ccccc1)C(=O)N[C@@H](C)c1cc(C)sc1C. The molecule has 0 spiro atoms. The van der Waals surface area contributed by atoms with Gasteiger partial charge in [0.15, 0.2) is 0 Å². The van der Waals surface area contributed by atoms with Gasteiger partial charge in [0.2, 0.25) is 5.91 Å². The number of hydrogen-bond acceptors (Lipinski definition) is 3. The summed E-state index contributed by atoms with van der Waals surface area (Å²) in [6.07, 6.45) is 0.804. The van der Waals surface area contributed by atoms with Gasteiger partial charge in [-0.25, -0.2) is 0 Å². The number of carbonyl (C=O) groups excluding carboxylic acids is 2. The predicted octanol–water partition coefficient (Wildman–Crippen LogP) is 4.39. The third-order valence-corrected chi connectivity index (χ3v) is 5.70. The molecule has 0 aliphatic heterocycles. The van der Waals surface area contributed by atoms with Gasteiger partial charge in [-0.3, -0.25) is 9.59 Å². The van der Waals surface area contributed by atoms with Crippen LogP contribution in [-0.4, -0.2) is 17.9 Å². The van der Waals surface area contributed by atoms with Crippen molar-refractivity contribution in [2.24, 2.45) is 5.92 Å². The maximum atomic E-state index is 12.9. The lowest BCUT2D eigenvalue weighted by Crippen LogP contribution is -2.50. The average Bonchev–Trinajstić information content (AvgIpc) is 2.97. The van der Waals surface area contributed by atoms with Crippen LogP contribution in [0.2, 0.25) is 0 Å². The molecule has 0 bridgehead atoms. The summed E-state index contributed by atoms with van der Waals surface area (Å²) in [6.45, 7) is 10.1. The Hall–Kier alpha value is -2.14. The molecule has 0 saturated carbocycles. The van der Waals surface area contributed by atoms with Crippen molar-refractivity contribution in [2.45, 2.75) is 53.1 Å². The molecular weight excluding hydrogens is 344 g/mol. The van der Waals surface area contributed by atoms with E-state index >= 15 is 0 Å². The number of rotatable bonds is 7. The fourth-order valence-corrected chi connectivity index (χ4v) is 4.00. The zero-order valence-corrected chi connectivity index (χ0v) is 16.9. The average molecular weight is 373 g/mol. The van der Waals surface area contributed by atoms with E-state index in [0.717, 1.165) is 12.0 Å². The Morgan fingerprint density at radius 2 is 1.73 bits per heavy atom. The molecule has 4 nitrogen and oxygen atoms in total. The van der Waals surface area contributed by atoms with Crippen molar-refractivity contribution < 1.29 is 9.59 Å².